The fourth-order valence-corrected chi connectivity index (χ4v) is 3.72. The van der Waals surface area contributed by atoms with Gasteiger partial charge in [-0.25, -0.2) is 0 Å². The van der Waals surface area contributed by atoms with Crippen molar-refractivity contribution in [2.45, 2.75) is 13.3 Å². The van der Waals surface area contributed by atoms with E-state index in [1.807, 2.05) is 42.5 Å². The summed E-state index contributed by atoms with van der Waals surface area (Å²) in [5, 5.41) is 4.39. The highest BCUT2D eigenvalue weighted by molar-refractivity contribution is 7.15. The summed E-state index contributed by atoms with van der Waals surface area (Å²) < 4.78 is 7.47. The monoisotopic (exact) mass is 389 g/mol. The Labute approximate surface area is 166 Å². The Hall–Kier alpha value is -3.25. The molecule has 2 aromatic heterocycles. The number of aromatic nitrogens is 3. The first-order valence-corrected chi connectivity index (χ1v) is 9.84. The first kappa shape index (κ1) is 18.1. The summed E-state index contributed by atoms with van der Waals surface area (Å²) in [5.41, 5.74) is 2.95. The van der Waals surface area contributed by atoms with Crippen molar-refractivity contribution in [1.29, 1.82) is 0 Å². The quantitative estimate of drug-likeness (QED) is 0.474. The van der Waals surface area contributed by atoms with E-state index < -0.39 is 0 Å². The fourth-order valence-electron chi connectivity index (χ4n) is 2.81. The number of thiazole rings is 1. The molecule has 2 heterocycles. The van der Waals surface area contributed by atoms with E-state index in [-0.39, 0.29) is 5.56 Å². The molecule has 4 rings (SSSR count). The van der Waals surface area contributed by atoms with Crippen LogP contribution < -0.4 is 14.8 Å². The second kappa shape index (κ2) is 7.78. The van der Waals surface area contributed by atoms with Crippen molar-refractivity contribution < 1.29 is 4.74 Å². The molecule has 0 aliphatic rings. The van der Waals surface area contributed by atoms with Gasteiger partial charge in [0.05, 0.1) is 4.53 Å². The van der Waals surface area contributed by atoms with Crippen LogP contribution in [0.4, 0.5) is 0 Å². The second-order valence-electron chi connectivity index (χ2n) is 6.26. The Morgan fingerprint density at radius 1 is 1.14 bits per heavy atom. The van der Waals surface area contributed by atoms with Gasteiger partial charge in [-0.3, -0.25) is 4.79 Å². The summed E-state index contributed by atoms with van der Waals surface area (Å²) in [4.78, 5) is 17.8. The predicted molar refractivity (Wildman–Crippen MR) is 113 cm³/mol. The molecule has 0 fully saturated rings. The molecule has 28 heavy (non-hydrogen) atoms. The van der Waals surface area contributed by atoms with Crippen LogP contribution in [0, 0.1) is 0 Å². The molecule has 5 nitrogen and oxygen atoms in total. The molecule has 0 radical (unpaired) electrons. The first-order valence-electron chi connectivity index (χ1n) is 9.02. The smallest absolute Gasteiger partial charge is 0.291 e. The van der Waals surface area contributed by atoms with Crippen LogP contribution in [0.1, 0.15) is 18.1 Å². The Morgan fingerprint density at radius 2 is 1.89 bits per heavy atom. The van der Waals surface area contributed by atoms with Gasteiger partial charge in [0.15, 0.2) is 5.82 Å². The molecule has 0 atom stereocenters. The molecule has 140 valence electrons. The maximum atomic E-state index is 12.7. The first-order chi connectivity index (χ1) is 13.7. The summed E-state index contributed by atoms with van der Waals surface area (Å²) >= 11 is 1.34. The highest BCUT2D eigenvalue weighted by Crippen LogP contribution is 2.20. The minimum Gasteiger partial charge on any atom is -0.490 e. The minimum absolute atomic E-state index is 0.149. The molecule has 0 bridgehead atoms. The van der Waals surface area contributed by atoms with Crippen molar-refractivity contribution in [1.82, 2.24) is 14.6 Å². The van der Waals surface area contributed by atoms with Gasteiger partial charge in [-0.1, -0.05) is 55.2 Å². The summed E-state index contributed by atoms with van der Waals surface area (Å²) in [7, 11) is 0. The summed E-state index contributed by atoms with van der Waals surface area (Å²) in [5.74, 6) is 1.28. The number of aryl methyl sites for hydroxylation is 1. The SMILES string of the molecule is C=CCOc1ccc(-c2nc3s/c(=C/c4ccc(CC)cc4)c(=O)n3n2)cc1. The van der Waals surface area contributed by atoms with Crippen molar-refractivity contribution in [2.24, 2.45) is 0 Å². The lowest BCUT2D eigenvalue weighted by molar-refractivity contribution is 0.363. The van der Waals surface area contributed by atoms with Gasteiger partial charge < -0.3 is 4.74 Å². The van der Waals surface area contributed by atoms with Crippen molar-refractivity contribution in [3.63, 3.8) is 0 Å². The summed E-state index contributed by atoms with van der Waals surface area (Å²) in [6, 6.07) is 15.7. The van der Waals surface area contributed by atoms with Gasteiger partial charge in [0.1, 0.15) is 12.4 Å². The molecule has 0 spiro atoms. The van der Waals surface area contributed by atoms with Crippen LogP contribution in [0.2, 0.25) is 0 Å². The zero-order chi connectivity index (χ0) is 19.5. The zero-order valence-electron chi connectivity index (χ0n) is 15.5. The molecule has 0 amide bonds. The standard InChI is InChI=1S/C22H19N3O2S/c1-3-13-27-18-11-9-17(10-12-18)20-23-22-25(24-20)21(26)19(28-22)14-16-7-5-15(4-2)6-8-16/h3,5-12,14H,1,4,13H2,2H3/b19-14+. The van der Waals surface area contributed by atoms with E-state index in [0.717, 1.165) is 23.3 Å². The Balaban J connectivity index is 1.65. The van der Waals surface area contributed by atoms with Gasteiger partial charge in [-0.05, 0) is 47.9 Å². The molecule has 6 heteroatoms. The Kier molecular flexibility index (Phi) is 5.04. The average Bonchev–Trinajstić information content (AvgIpc) is 3.27. The zero-order valence-corrected chi connectivity index (χ0v) is 16.3. The molecular formula is C22H19N3O2S. The molecule has 0 saturated carbocycles. The van der Waals surface area contributed by atoms with E-state index in [2.05, 4.69) is 35.7 Å². The lowest BCUT2D eigenvalue weighted by atomic mass is 10.1. The van der Waals surface area contributed by atoms with Gasteiger partial charge in [-0.2, -0.15) is 9.50 Å². The fraction of sp³-hybridized carbons (Fsp3) is 0.136. The molecule has 0 unspecified atom stereocenters. The van der Waals surface area contributed by atoms with E-state index in [9.17, 15) is 4.79 Å². The van der Waals surface area contributed by atoms with E-state index in [1.165, 1.54) is 21.4 Å². The maximum Gasteiger partial charge on any atom is 0.291 e. The normalized spacial score (nSPS) is 11.8. The van der Waals surface area contributed by atoms with Crippen molar-refractivity contribution in [3.05, 3.63) is 87.2 Å². The molecule has 0 saturated heterocycles. The average molecular weight is 389 g/mol. The number of fused-ring (bicyclic) bond motifs is 1. The summed E-state index contributed by atoms with van der Waals surface area (Å²) in [6.45, 7) is 6.20. The van der Waals surface area contributed by atoms with Crippen LogP contribution in [0.3, 0.4) is 0 Å². The van der Waals surface area contributed by atoms with Gasteiger partial charge >= 0.3 is 0 Å². The molecule has 4 aromatic rings. The molecule has 0 N–H and O–H groups in total. The lowest BCUT2D eigenvalue weighted by Crippen LogP contribution is -2.23. The molecule has 2 aromatic carbocycles. The van der Waals surface area contributed by atoms with E-state index in [4.69, 9.17) is 4.74 Å². The number of hydrogen-bond acceptors (Lipinski definition) is 5. The highest BCUT2D eigenvalue weighted by atomic mass is 32.1. The van der Waals surface area contributed by atoms with Crippen molar-refractivity contribution in [3.8, 4) is 17.1 Å². The molecular weight excluding hydrogens is 370 g/mol. The lowest BCUT2D eigenvalue weighted by Gasteiger charge is -2.02. The summed E-state index contributed by atoms with van der Waals surface area (Å²) in [6.07, 6.45) is 4.57. The molecule has 0 aliphatic carbocycles. The topological polar surface area (TPSA) is 56.5 Å². The number of rotatable bonds is 6. The number of ether oxygens (including phenoxy) is 1. The highest BCUT2D eigenvalue weighted by Gasteiger charge is 2.12. The van der Waals surface area contributed by atoms with E-state index in [0.29, 0.717) is 21.9 Å². The maximum absolute atomic E-state index is 12.7. The number of benzene rings is 2. The number of nitrogens with zero attached hydrogens (tertiary/aromatic N) is 3. The van der Waals surface area contributed by atoms with E-state index >= 15 is 0 Å². The third-order valence-corrected chi connectivity index (χ3v) is 5.31. The van der Waals surface area contributed by atoms with Crippen molar-refractivity contribution in [2.75, 3.05) is 6.61 Å². The van der Waals surface area contributed by atoms with Crippen LogP contribution in [0.15, 0.2) is 66.0 Å². The minimum atomic E-state index is -0.149. The predicted octanol–water partition coefficient (Wildman–Crippen LogP) is 3.49. The van der Waals surface area contributed by atoms with Gasteiger partial charge in [0, 0.05) is 5.56 Å². The Morgan fingerprint density at radius 3 is 2.54 bits per heavy atom. The largest absolute Gasteiger partial charge is 0.490 e. The van der Waals surface area contributed by atoms with E-state index in [1.54, 1.807) is 6.08 Å². The van der Waals surface area contributed by atoms with Crippen LogP contribution in [0.25, 0.3) is 22.4 Å². The third-order valence-electron chi connectivity index (χ3n) is 4.35. The van der Waals surface area contributed by atoms with Gasteiger partial charge in [0.2, 0.25) is 4.96 Å². The third kappa shape index (κ3) is 3.59. The van der Waals surface area contributed by atoms with Crippen LogP contribution in [-0.2, 0) is 6.42 Å². The Bertz CT molecular complexity index is 1220. The van der Waals surface area contributed by atoms with Gasteiger partial charge in [-0.15, -0.1) is 5.10 Å². The number of hydrogen-bond donors (Lipinski definition) is 0. The van der Waals surface area contributed by atoms with Crippen LogP contribution >= 0.6 is 11.3 Å². The second-order valence-corrected chi connectivity index (χ2v) is 7.27. The van der Waals surface area contributed by atoms with Crippen molar-refractivity contribution >= 4 is 22.4 Å². The van der Waals surface area contributed by atoms with Crippen LogP contribution in [-0.4, -0.2) is 21.2 Å². The van der Waals surface area contributed by atoms with Gasteiger partial charge in [0.25, 0.3) is 5.56 Å². The van der Waals surface area contributed by atoms with Crippen LogP contribution in [0.5, 0.6) is 5.75 Å². The molecule has 0 aliphatic heterocycles.